The van der Waals surface area contributed by atoms with Crippen LogP contribution in [0.5, 0.6) is 0 Å². The van der Waals surface area contributed by atoms with Gasteiger partial charge in [0.15, 0.2) is 0 Å². The number of hydrogen-bond donors (Lipinski definition) is 1. The fourth-order valence-electron chi connectivity index (χ4n) is 3.07. The second-order valence-electron chi connectivity index (χ2n) is 6.81. The first kappa shape index (κ1) is 20.6. The van der Waals surface area contributed by atoms with Crippen LogP contribution in [-0.2, 0) is 21.2 Å². The molecule has 0 radical (unpaired) electrons. The van der Waals surface area contributed by atoms with Crippen molar-refractivity contribution in [2.75, 3.05) is 16.2 Å². The maximum Gasteiger partial charge on any atom is 0.264 e. The second kappa shape index (κ2) is 8.92. The Bertz CT molecular complexity index is 1080. The van der Waals surface area contributed by atoms with Gasteiger partial charge in [-0.05, 0) is 48.7 Å². The van der Waals surface area contributed by atoms with Gasteiger partial charge in [0, 0.05) is 19.2 Å². The zero-order chi connectivity index (χ0) is 20.9. The number of rotatable bonds is 7. The number of carbonyl (C=O) groups is 1. The zero-order valence-electron chi connectivity index (χ0n) is 16.5. The number of hydrogen-bond acceptors (Lipinski definition) is 3. The maximum absolute atomic E-state index is 13.5. The van der Waals surface area contributed by atoms with E-state index in [1.807, 2.05) is 55.5 Å². The summed E-state index contributed by atoms with van der Waals surface area (Å²) in [6, 6.07) is 23.6. The van der Waals surface area contributed by atoms with Crippen LogP contribution in [0.3, 0.4) is 0 Å². The summed E-state index contributed by atoms with van der Waals surface area (Å²) in [7, 11) is -3.82. The Morgan fingerprint density at radius 2 is 1.55 bits per heavy atom. The molecule has 150 valence electrons. The van der Waals surface area contributed by atoms with Crippen LogP contribution in [0.15, 0.2) is 83.8 Å². The van der Waals surface area contributed by atoms with Crippen molar-refractivity contribution in [2.45, 2.75) is 25.2 Å². The minimum atomic E-state index is -3.82. The number of carbonyl (C=O) groups excluding carboxylic acids is 1. The highest BCUT2D eigenvalue weighted by molar-refractivity contribution is 7.92. The Balaban J connectivity index is 1.98. The first-order valence-electron chi connectivity index (χ1n) is 9.38. The lowest BCUT2D eigenvalue weighted by Gasteiger charge is -2.25. The Kier molecular flexibility index (Phi) is 6.34. The van der Waals surface area contributed by atoms with Gasteiger partial charge in [-0.15, -0.1) is 0 Å². The fourth-order valence-corrected chi connectivity index (χ4v) is 4.56. The summed E-state index contributed by atoms with van der Waals surface area (Å²) in [5, 5.41) is 2.70. The molecule has 0 saturated heterocycles. The summed E-state index contributed by atoms with van der Waals surface area (Å²) in [6.07, 6.45) is 0.583. The quantitative estimate of drug-likeness (QED) is 0.630. The van der Waals surface area contributed by atoms with E-state index in [4.69, 9.17) is 0 Å². The van der Waals surface area contributed by atoms with Gasteiger partial charge < -0.3 is 5.32 Å². The van der Waals surface area contributed by atoms with Crippen LogP contribution in [0.4, 0.5) is 11.4 Å². The Labute approximate surface area is 172 Å². The number of nitrogens with zero attached hydrogens (tertiary/aromatic N) is 1. The summed E-state index contributed by atoms with van der Waals surface area (Å²) < 4.78 is 28.5. The molecule has 29 heavy (non-hydrogen) atoms. The lowest BCUT2D eigenvalue weighted by Crippen LogP contribution is -2.33. The molecule has 3 rings (SSSR count). The SMILES string of the molecule is CC(=O)Nc1cc(S(=O)(=O)N(CCc2ccccc2)c2ccccc2)ccc1C. The molecule has 0 saturated carbocycles. The van der Waals surface area contributed by atoms with Gasteiger partial charge in [-0.1, -0.05) is 54.6 Å². The van der Waals surface area contributed by atoms with Crippen LogP contribution in [0.1, 0.15) is 18.1 Å². The second-order valence-corrected chi connectivity index (χ2v) is 8.67. The molecule has 1 N–H and O–H groups in total. The monoisotopic (exact) mass is 408 g/mol. The summed E-state index contributed by atoms with van der Waals surface area (Å²) in [5.41, 5.74) is 2.96. The van der Waals surface area contributed by atoms with E-state index in [1.165, 1.54) is 17.3 Å². The van der Waals surface area contributed by atoms with E-state index in [0.717, 1.165) is 11.1 Å². The standard InChI is InChI=1S/C23H24N2O3S/c1-18-13-14-22(17-23(18)24-19(2)26)29(27,28)25(21-11-7-4-8-12-21)16-15-20-9-5-3-6-10-20/h3-14,17H,15-16H2,1-2H3,(H,24,26). The van der Waals surface area contributed by atoms with E-state index in [9.17, 15) is 13.2 Å². The third kappa shape index (κ3) is 5.03. The molecular formula is C23H24N2O3S. The molecule has 0 unspecified atom stereocenters. The van der Waals surface area contributed by atoms with Gasteiger partial charge in [-0.25, -0.2) is 8.42 Å². The first-order valence-corrected chi connectivity index (χ1v) is 10.8. The van der Waals surface area contributed by atoms with Gasteiger partial charge in [0.2, 0.25) is 5.91 Å². The molecule has 1 amide bonds. The van der Waals surface area contributed by atoms with E-state index in [0.29, 0.717) is 24.3 Å². The molecule has 5 nitrogen and oxygen atoms in total. The Morgan fingerprint density at radius 3 is 2.17 bits per heavy atom. The highest BCUT2D eigenvalue weighted by Gasteiger charge is 2.25. The van der Waals surface area contributed by atoms with Crippen LogP contribution in [0.25, 0.3) is 0 Å². The molecule has 0 aliphatic carbocycles. The lowest BCUT2D eigenvalue weighted by atomic mass is 10.1. The van der Waals surface area contributed by atoms with Crippen molar-refractivity contribution in [2.24, 2.45) is 0 Å². The predicted octanol–water partition coefficient (Wildman–Crippen LogP) is 4.39. The van der Waals surface area contributed by atoms with E-state index >= 15 is 0 Å². The van der Waals surface area contributed by atoms with Gasteiger partial charge in [-0.3, -0.25) is 9.10 Å². The van der Waals surface area contributed by atoms with Crippen molar-refractivity contribution in [3.8, 4) is 0 Å². The van der Waals surface area contributed by atoms with Crippen molar-refractivity contribution in [3.63, 3.8) is 0 Å². The molecule has 0 spiro atoms. The fraction of sp³-hybridized carbons (Fsp3) is 0.174. The maximum atomic E-state index is 13.5. The zero-order valence-corrected chi connectivity index (χ0v) is 17.3. The molecule has 0 aromatic heterocycles. The predicted molar refractivity (Wildman–Crippen MR) is 117 cm³/mol. The van der Waals surface area contributed by atoms with Crippen LogP contribution >= 0.6 is 0 Å². The normalized spacial score (nSPS) is 11.1. The van der Waals surface area contributed by atoms with Gasteiger partial charge in [0.1, 0.15) is 0 Å². The molecule has 3 aromatic rings. The lowest BCUT2D eigenvalue weighted by molar-refractivity contribution is -0.114. The van der Waals surface area contributed by atoms with Crippen LogP contribution in [0, 0.1) is 6.92 Å². The average Bonchev–Trinajstić information content (AvgIpc) is 2.71. The largest absolute Gasteiger partial charge is 0.326 e. The Morgan fingerprint density at radius 1 is 0.931 bits per heavy atom. The van der Waals surface area contributed by atoms with Gasteiger partial charge in [0.25, 0.3) is 10.0 Å². The van der Waals surface area contributed by atoms with Crippen molar-refractivity contribution in [1.29, 1.82) is 0 Å². The molecule has 6 heteroatoms. The first-order chi connectivity index (χ1) is 13.9. The number of anilines is 2. The van der Waals surface area contributed by atoms with Crippen molar-refractivity contribution in [1.82, 2.24) is 0 Å². The highest BCUT2D eigenvalue weighted by atomic mass is 32.2. The van der Waals surface area contributed by atoms with Crippen molar-refractivity contribution >= 4 is 27.3 Å². The van der Waals surface area contributed by atoms with Gasteiger partial charge >= 0.3 is 0 Å². The molecule has 0 aliphatic heterocycles. The topological polar surface area (TPSA) is 66.5 Å². The smallest absolute Gasteiger partial charge is 0.264 e. The molecule has 3 aromatic carbocycles. The van der Waals surface area contributed by atoms with Gasteiger partial charge in [-0.2, -0.15) is 0 Å². The highest BCUT2D eigenvalue weighted by Crippen LogP contribution is 2.27. The van der Waals surface area contributed by atoms with Crippen LogP contribution < -0.4 is 9.62 Å². The number of amides is 1. The summed E-state index contributed by atoms with van der Waals surface area (Å²) >= 11 is 0. The van der Waals surface area contributed by atoms with E-state index in [-0.39, 0.29) is 10.8 Å². The van der Waals surface area contributed by atoms with Crippen molar-refractivity contribution < 1.29 is 13.2 Å². The molecule has 0 fully saturated rings. The number of benzene rings is 3. The van der Waals surface area contributed by atoms with E-state index in [1.54, 1.807) is 24.3 Å². The summed E-state index contributed by atoms with van der Waals surface area (Å²) in [5.74, 6) is -0.244. The molecule has 0 bridgehead atoms. The van der Waals surface area contributed by atoms with Crippen LogP contribution in [0.2, 0.25) is 0 Å². The molecular weight excluding hydrogens is 384 g/mol. The van der Waals surface area contributed by atoms with E-state index < -0.39 is 10.0 Å². The number of sulfonamides is 1. The number of aryl methyl sites for hydroxylation is 1. The minimum Gasteiger partial charge on any atom is -0.326 e. The molecule has 0 atom stereocenters. The Hall–Kier alpha value is -3.12. The molecule has 0 heterocycles. The number of nitrogens with one attached hydrogen (secondary N) is 1. The third-order valence-corrected chi connectivity index (χ3v) is 6.42. The summed E-state index contributed by atoms with van der Waals surface area (Å²) in [4.78, 5) is 11.6. The molecule has 0 aliphatic rings. The third-order valence-electron chi connectivity index (χ3n) is 4.60. The van der Waals surface area contributed by atoms with Crippen molar-refractivity contribution in [3.05, 3.63) is 90.0 Å². The number of para-hydroxylation sites is 1. The average molecular weight is 409 g/mol. The minimum absolute atomic E-state index is 0.142. The van der Waals surface area contributed by atoms with Crippen LogP contribution in [-0.4, -0.2) is 20.9 Å². The van der Waals surface area contributed by atoms with Gasteiger partial charge in [0.05, 0.1) is 10.6 Å². The summed E-state index contributed by atoms with van der Waals surface area (Å²) in [6.45, 7) is 3.53. The van der Waals surface area contributed by atoms with E-state index in [2.05, 4.69) is 5.32 Å².